The van der Waals surface area contributed by atoms with E-state index in [1.54, 1.807) is 6.92 Å². The molecule has 3 heteroatoms. The molecule has 0 saturated heterocycles. The SMILES string of the molecule is CC=C(C(=O)O)C(=O)CC. The maximum absolute atomic E-state index is 10.7. The van der Waals surface area contributed by atoms with Gasteiger partial charge in [-0.15, -0.1) is 0 Å². The molecule has 0 fully saturated rings. The minimum Gasteiger partial charge on any atom is -0.478 e. The first-order chi connectivity index (χ1) is 4.63. The Bertz CT molecular complexity index is 179. The van der Waals surface area contributed by atoms with Crippen LogP contribution in [0.15, 0.2) is 11.6 Å². The molecular formula is C7H10O3. The summed E-state index contributed by atoms with van der Waals surface area (Å²) in [5, 5.41) is 8.39. The van der Waals surface area contributed by atoms with Crippen LogP contribution in [0.4, 0.5) is 0 Å². The van der Waals surface area contributed by atoms with E-state index in [1.807, 2.05) is 0 Å². The summed E-state index contributed by atoms with van der Waals surface area (Å²) in [5.74, 6) is -1.47. The second kappa shape index (κ2) is 3.82. The molecule has 0 aliphatic rings. The van der Waals surface area contributed by atoms with Gasteiger partial charge in [-0.05, 0) is 6.92 Å². The van der Waals surface area contributed by atoms with Crippen molar-refractivity contribution < 1.29 is 14.7 Å². The summed E-state index contributed by atoms with van der Waals surface area (Å²) in [7, 11) is 0. The molecule has 0 aromatic rings. The second-order valence-electron chi connectivity index (χ2n) is 1.78. The molecule has 0 amide bonds. The summed E-state index contributed by atoms with van der Waals surface area (Å²) in [6, 6.07) is 0. The van der Waals surface area contributed by atoms with Crippen molar-refractivity contribution in [1.82, 2.24) is 0 Å². The van der Waals surface area contributed by atoms with Gasteiger partial charge in [-0.25, -0.2) is 4.79 Å². The van der Waals surface area contributed by atoms with E-state index < -0.39 is 5.97 Å². The lowest BCUT2D eigenvalue weighted by atomic mass is 10.1. The van der Waals surface area contributed by atoms with Crippen LogP contribution in [0.1, 0.15) is 20.3 Å². The topological polar surface area (TPSA) is 54.4 Å². The molecule has 10 heavy (non-hydrogen) atoms. The molecule has 1 N–H and O–H groups in total. The molecule has 3 nitrogen and oxygen atoms in total. The Morgan fingerprint density at radius 2 is 2.00 bits per heavy atom. The third-order valence-corrected chi connectivity index (χ3v) is 1.14. The molecule has 0 aliphatic carbocycles. The van der Waals surface area contributed by atoms with Gasteiger partial charge in [0.05, 0.1) is 5.57 Å². The molecule has 0 spiro atoms. The third kappa shape index (κ3) is 2.01. The van der Waals surface area contributed by atoms with E-state index in [-0.39, 0.29) is 17.8 Å². The van der Waals surface area contributed by atoms with E-state index in [0.29, 0.717) is 0 Å². The summed E-state index contributed by atoms with van der Waals surface area (Å²) in [6.07, 6.45) is 1.56. The summed E-state index contributed by atoms with van der Waals surface area (Å²) in [6.45, 7) is 3.17. The highest BCUT2D eigenvalue weighted by molar-refractivity contribution is 6.16. The van der Waals surface area contributed by atoms with E-state index in [4.69, 9.17) is 5.11 Å². The number of Topliss-reactive ketones (excluding diaryl/α,β-unsaturated/α-hetero) is 1. The summed E-state index contributed by atoms with van der Waals surface area (Å²) in [4.78, 5) is 21.0. The first-order valence-electron chi connectivity index (χ1n) is 3.06. The van der Waals surface area contributed by atoms with E-state index in [2.05, 4.69) is 0 Å². The van der Waals surface area contributed by atoms with Crippen molar-refractivity contribution >= 4 is 11.8 Å². The maximum Gasteiger partial charge on any atom is 0.338 e. The van der Waals surface area contributed by atoms with Gasteiger partial charge in [0.1, 0.15) is 0 Å². The Hall–Kier alpha value is -1.12. The van der Waals surface area contributed by atoms with Crippen molar-refractivity contribution in [2.75, 3.05) is 0 Å². The number of hydrogen-bond donors (Lipinski definition) is 1. The highest BCUT2D eigenvalue weighted by Crippen LogP contribution is 1.98. The molecule has 0 rings (SSSR count). The van der Waals surface area contributed by atoms with Gasteiger partial charge >= 0.3 is 5.97 Å². The molecule has 56 valence electrons. The lowest BCUT2D eigenvalue weighted by Crippen LogP contribution is -2.10. The van der Waals surface area contributed by atoms with Crippen LogP contribution in [0.2, 0.25) is 0 Å². The van der Waals surface area contributed by atoms with Crippen molar-refractivity contribution in [3.63, 3.8) is 0 Å². The van der Waals surface area contributed by atoms with E-state index in [9.17, 15) is 9.59 Å². The zero-order valence-corrected chi connectivity index (χ0v) is 6.05. The second-order valence-corrected chi connectivity index (χ2v) is 1.78. The average molecular weight is 142 g/mol. The first-order valence-corrected chi connectivity index (χ1v) is 3.06. The number of carboxylic acid groups (broad SMARTS) is 1. The van der Waals surface area contributed by atoms with Crippen molar-refractivity contribution in [3.8, 4) is 0 Å². The Morgan fingerprint density at radius 3 is 2.10 bits per heavy atom. The molecule has 0 unspecified atom stereocenters. The smallest absolute Gasteiger partial charge is 0.338 e. The molecule has 0 aromatic heterocycles. The van der Waals surface area contributed by atoms with Crippen molar-refractivity contribution in [3.05, 3.63) is 11.6 Å². The highest BCUT2D eigenvalue weighted by atomic mass is 16.4. The average Bonchev–Trinajstić information content (AvgIpc) is 1.88. The van der Waals surface area contributed by atoms with Gasteiger partial charge in [0.25, 0.3) is 0 Å². The largest absolute Gasteiger partial charge is 0.478 e. The molecule has 0 bridgehead atoms. The molecule has 0 saturated carbocycles. The molecule has 0 heterocycles. The fraction of sp³-hybridized carbons (Fsp3) is 0.429. The van der Waals surface area contributed by atoms with Gasteiger partial charge in [0.15, 0.2) is 5.78 Å². The summed E-state index contributed by atoms with van der Waals surface area (Å²) < 4.78 is 0. The fourth-order valence-corrected chi connectivity index (χ4v) is 0.594. The van der Waals surface area contributed by atoms with Gasteiger partial charge in [-0.3, -0.25) is 4.79 Å². The number of hydrogen-bond acceptors (Lipinski definition) is 2. The number of carbonyl (C=O) groups excluding carboxylic acids is 1. The first kappa shape index (κ1) is 8.88. The van der Waals surface area contributed by atoms with Gasteiger partial charge in [-0.2, -0.15) is 0 Å². The molecule has 0 aliphatic heterocycles. The predicted octanol–water partition coefficient (Wildman–Crippen LogP) is 0.996. The molecule has 0 radical (unpaired) electrons. The van der Waals surface area contributed by atoms with Crippen LogP contribution in [0.5, 0.6) is 0 Å². The van der Waals surface area contributed by atoms with Crippen LogP contribution in [0.25, 0.3) is 0 Å². The quantitative estimate of drug-likeness (QED) is 0.363. The Labute approximate surface area is 59.4 Å². The molecule has 0 aromatic carbocycles. The number of ketones is 1. The summed E-state index contributed by atoms with van der Waals surface area (Å²) in [5.41, 5.74) is -0.123. The standard InChI is InChI=1S/C7H10O3/c1-3-5(7(9)10)6(8)4-2/h3H,4H2,1-2H3,(H,9,10). The van der Waals surface area contributed by atoms with Gasteiger partial charge < -0.3 is 5.11 Å². The van der Waals surface area contributed by atoms with E-state index in [1.165, 1.54) is 13.0 Å². The van der Waals surface area contributed by atoms with Crippen LogP contribution in [-0.2, 0) is 9.59 Å². The minimum atomic E-state index is -1.14. The van der Waals surface area contributed by atoms with Crippen molar-refractivity contribution in [2.24, 2.45) is 0 Å². The van der Waals surface area contributed by atoms with E-state index in [0.717, 1.165) is 0 Å². The number of aliphatic carboxylic acids is 1. The van der Waals surface area contributed by atoms with Crippen LogP contribution >= 0.6 is 0 Å². The number of carbonyl (C=O) groups is 2. The lowest BCUT2D eigenvalue weighted by molar-refractivity contribution is -0.134. The minimum absolute atomic E-state index is 0.123. The lowest BCUT2D eigenvalue weighted by Gasteiger charge is -1.94. The van der Waals surface area contributed by atoms with Crippen molar-refractivity contribution in [2.45, 2.75) is 20.3 Å². The van der Waals surface area contributed by atoms with Gasteiger partial charge in [-0.1, -0.05) is 13.0 Å². The monoisotopic (exact) mass is 142 g/mol. The number of carboxylic acids is 1. The Balaban J connectivity index is 4.39. The highest BCUT2D eigenvalue weighted by Gasteiger charge is 2.12. The van der Waals surface area contributed by atoms with Gasteiger partial charge in [0, 0.05) is 6.42 Å². The van der Waals surface area contributed by atoms with Crippen molar-refractivity contribution in [1.29, 1.82) is 0 Å². The van der Waals surface area contributed by atoms with Crippen LogP contribution in [0.3, 0.4) is 0 Å². The van der Waals surface area contributed by atoms with Crippen LogP contribution in [0, 0.1) is 0 Å². The Morgan fingerprint density at radius 1 is 1.50 bits per heavy atom. The number of allylic oxidation sites excluding steroid dienone is 1. The van der Waals surface area contributed by atoms with Gasteiger partial charge in [0.2, 0.25) is 0 Å². The normalized spacial score (nSPS) is 11.2. The maximum atomic E-state index is 10.7. The zero-order valence-electron chi connectivity index (χ0n) is 6.05. The fourth-order valence-electron chi connectivity index (χ4n) is 0.594. The van der Waals surface area contributed by atoms with E-state index >= 15 is 0 Å². The van der Waals surface area contributed by atoms with Crippen LogP contribution in [-0.4, -0.2) is 16.9 Å². The predicted molar refractivity (Wildman–Crippen MR) is 36.7 cm³/mol. The zero-order chi connectivity index (χ0) is 8.15. The Kier molecular flexibility index (Phi) is 3.39. The van der Waals surface area contributed by atoms with Crippen LogP contribution < -0.4 is 0 Å². The molecular weight excluding hydrogens is 132 g/mol. The summed E-state index contributed by atoms with van der Waals surface area (Å²) >= 11 is 0. The number of rotatable bonds is 3. The molecule has 0 atom stereocenters. The third-order valence-electron chi connectivity index (χ3n) is 1.14.